The zero-order valence-electron chi connectivity index (χ0n) is 10.5. The molecule has 86 valence electrons. The summed E-state index contributed by atoms with van der Waals surface area (Å²) >= 11 is 0. The molecule has 0 radical (unpaired) electrons. The molecule has 17 heavy (non-hydrogen) atoms. The van der Waals surface area contributed by atoms with Crippen LogP contribution >= 0.6 is 0 Å². The molecule has 0 saturated heterocycles. The minimum Gasteiger partial charge on any atom is -0.0949 e. The molecule has 0 aromatic heterocycles. The van der Waals surface area contributed by atoms with Gasteiger partial charge in [0.2, 0.25) is 0 Å². The number of benzene rings is 2. The Morgan fingerprint density at radius 1 is 0.941 bits per heavy atom. The number of hydrogen-bond acceptors (Lipinski definition) is 0. The monoisotopic (exact) mass is 222 g/mol. The van der Waals surface area contributed by atoms with Gasteiger partial charge in [0.05, 0.1) is 0 Å². The van der Waals surface area contributed by atoms with E-state index < -0.39 is 0 Å². The van der Waals surface area contributed by atoms with Gasteiger partial charge >= 0.3 is 0 Å². The summed E-state index contributed by atoms with van der Waals surface area (Å²) in [6, 6.07) is 16.9. The van der Waals surface area contributed by atoms with Gasteiger partial charge in [0, 0.05) is 0 Å². The Kier molecular flexibility index (Phi) is 3.43. The smallest absolute Gasteiger partial charge is 0.00230 e. The van der Waals surface area contributed by atoms with E-state index in [2.05, 4.69) is 62.9 Å². The van der Waals surface area contributed by atoms with Crippen LogP contribution in [0.3, 0.4) is 0 Å². The summed E-state index contributed by atoms with van der Waals surface area (Å²) in [6.07, 6.45) is 0.928. The molecule has 0 heteroatoms. The Morgan fingerprint density at radius 2 is 1.65 bits per heavy atom. The minimum atomic E-state index is 0.928. The van der Waals surface area contributed by atoms with Crippen molar-refractivity contribution in [3.05, 3.63) is 77.4 Å². The average molecular weight is 222 g/mol. The summed E-state index contributed by atoms with van der Waals surface area (Å²) in [5.74, 6) is 0. The van der Waals surface area contributed by atoms with E-state index in [-0.39, 0.29) is 0 Å². The molecule has 0 saturated carbocycles. The van der Waals surface area contributed by atoms with E-state index in [0.29, 0.717) is 0 Å². The summed E-state index contributed by atoms with van der Waals surface area (Å²) in [6.45, 7) is 8.53. The summed E-state index contributed by atoms with van der Waals surface area (Å²) < 4.78 is 0. The lowest BCUT2D eigenvalue weighted by Crippen LogP contribution is -1.94. The molecule has 2 rings (SSSR count). The molecule has 0 atom stereocenters. The molecular weight excluding hydrogens is 204 g/mol. The third-order valence-corrected chi connectivity index (χ3v) is 3.30. The van der Waals surface area contributed by atoms with Crippen LogP contribution in [0.2, 0.25) is 0 Å². The van der Waals surface area contributed by atoms with Gasteiger partial charge in [-0.05, 0) is 48.1 Å². The van der Waals surface area contributed by atoms with E-state index in [9.17, 15) is 0 Å². The summed E-state index contributed by atoms with van der Waals surface area (Å²) in [5, 5.41) is 0. The van der Waals surface area contributed by atoms with Crippen LogP contribution in [-0.2, 0) is 6.42 Å². The largest absolute Gasteiger partial charge is 0.0949 e. The zero-order valence-corrected chi connectivity index (χ0v) is 10.5. The summed E-state index contributed by atoms with van der Waals surface area (Å²) in [7, 11) is 0. The topological polar surface area (TPSA) is 0 Å². The molecule has 0 aliphatic heterocycles. The molecule has 0 heterocycles. The van der Waals surface area contributed by atoms with Gasteiger partial charge in [0.1, 0.15) is 0 Å². The third kappa shape index (κ3) is 2.65. The van der Waals surface area contributed by atoms with Gasteiger partial charge in [-0.2, -0.15) is 0 Å². The third-order valence-electron chi connectivity index (χ3n) is 3.30. The second kappa shape index (κ2) is 5.01. The lowest BCUT2D eigenvalue weighted by atomic mass is 9.95. The van der Waals surface area contributed by atoms with Crippen molar-refractivity contribution >= 4 is 5.57 Å². The molecule has 0 unspecified atom stereocenters. The van der Waals surface area contributed by atoms with Crippen LogP contribution in [0.25, 0.3) is 5.57 Å². The van der Waals surface area contributed by atoms with Crippen LogP contribution in [0.4, 0.5) is 0 Å². The normalized spacial score (nSPS) is 10.2. The van der Waals surface area contributed by atoms with Crippen LogP contribution in [0.15, 0.2) is 55.1 Å². The molecule has 0 fully saturated rings. The van der Waals surface area contributed by atoms with Crippen LogP contribution in [0.1, 0.15) is 22.3 Å². The predicted molar refractivity (Wildman–Crippen MR) is 75.1 cm³/mol. The van der Waals surface area contributed by atoms with E-state index >= 15 is 0 Å². The number of hydrogen-bond donors (Lipinski definition) is 0. The molecular formula is C17H18. The fourth-order valence-electron chi connectivity index (χ4n) is 2.01. The molecule has 0 aliphatic rings. The Bertz CT molecular complexity index is 521. The highest BCUT2D eigenvalue weighted by Gasteiger charge is 2.04. The van der Waals surface area contributed by atoms with Crippen LogP contribution in [-0.4, -0.2) is 0 Å². The highest BCUT2D eigenvalue weighted by atomic mass is 14.1. The van der Waals surface area contributed by atoms with E-state index in [1.807, 2.05) is 6.07 Å². The molecule has 2 aromatic rings. The SMILES string of the molecule is C=C(Cc1cccc(C)c1C)c1ccccc1. The van der Waals surface area contributed by atoms with Crippen molar-refractivity contribution < 1.29 is 0 Å². The maximum absolute atomic E-state index is 4.19. The Morgan fingerprint density at radius 3 is 2.35 bits per heavy atom. The molecule has 0 spiro atoms. The van der Waals surface area contributed by atoms with Crippen molar-refractivity contribution in [3.8, 4) is 0 Å². The van der Waals surface area contributed by atoms with Crippen LogP contribution in [0, 0.1) is 13.8 Å². The van der Waals surface area contributed by atoms with Crippen molar-refractivity contribution in [1.82, 2.24) is 0 Å². The highest BCUT2D eigenvalue weighted by Crippen LogP contribution is 2.21. The van der Waals surface area contributed by atoms with E-state index in [0.717, 1.165) is 6.42 Å². The van der Waals surface area contributed by atoms with Gasteiger partial charge in [-0.1, -0.05) is 55.1 Å². The summed E-state index contributed by atoms with van der Waals surface area (Å²) in [5.41, 5.74) is 6.51. The van der Waals surface area contributed by atoms with Crippen molar-refractivity contribution in [3.63, 3.8) is 0 Å². The maximum Gasteiger partial charge on any atom is -0.00230 e. The molecule has 2 aromatic carbocycles. The molecule has 0 N–H and O–H groups in total. The second-order valence-corrected chi connectivity index (χ2v) is 4.51. The lowest BCUT2D eigenvalue weighted by Gasteiger charge is -2.10. The van der Waals surface area contributed by atoms with Gasteiger partial charge in [-0.15, -0.1) is 0 Å². The van der Waals surface area contributed by atoms with Crippen molar-refractivity contribution in [2.45, 2.75) is 20.3 Å². The minimum absolute atomic E-state index is 0.928. The Hall–Kier alpha value is -1.82. The lowest BCUT2D eigenvalue weighted by molar-refractivity contribution is 1.19. The first kappa shape index (κ1) is 11.7. The van der Waals surface area contributed by atoms with E-state index in [1.165, 1.54) is 27.8 Å². The first-order valence-corrected chi connectivity index (χ1v) is 5.97. The summed E-state index contributed by atoms with van der Waals surface area (Å²) in [4.78, 5) is 0. The molecule has 0 bridgehead atoms. The zero-order chi connectivity index (χ0) is 12.3. The quantitative estimate of drug-likeness (QED) is 0.714. The van der Waals surface area contributed by atoms with Gasteiger partial charge in [-0.3, -0.25) is 0 Å². The molecule has 0 aliphatic carbocycles. The Labute approximate surface area is 104 Å². The van der Waals surface area contributed by atoms with Crippen LogP contribution in [0.5, 0.6) is 0 Å². The van der Waals surface area contributed by atoms with Gasteiger partial charge in [-0.25, -0.2) is 0 Å². The van der Waals surface area contributed by atoms with E-state index in [1.54, 1.807) is 0 Å². The van der Waals surface area contributed by atoms with E-state index in [4.69, 9.17) is 0 Å². The molecule has 0 nitrogen and oxygen atoms in total. The fourth-order valence-corrected chi connectivity index (χ4v) is 2.01. The van der Waals surface area contributed by atoms with Crippen LogP contribution < -0.4 is 0 Å². The standard InChI is InChI=1S/C17H18/c1-13-8-7-11-17(15(13)3)12-14(2)16-9-5-4-6-10-16/h4-11H,2,12H2,1,3H3. The molecule has 0 amide bonds. The van der Waals surface area contributed by atoms with Crippen molar-refractivity contribution in [1.29, 1.82) is 0 Å². The fraction of sp³-hybridized carbons (Fsp3) is 0.176. The Balaban J connectivity index is 2.22. The average Bonchev–Trinajstić information content (AvgIpc) is 2.36. The second-order valence-electron chi connectivity index (χ2n) is 4.51. The van der Waals surface area contributed by atoms with Gasteiger partial charge < -0.3 is 0 Å². The predicted octanol–water partition coefficient (Wildman–Crippen LogP) is 4.56. The maximum atomic E-state index is 4.19. The highest BCUT2D eigenvalue weighted by molar-refractivity contribution is 5.66. The first-order valence-electron chi connectivity index (χ1n) is 5.97. The number of allylic oxidation sites excluding steroid dienone is 1. The number of aryl methyl sites for hydroxylation is 1. The first-order chi connectivity index (χ1) is 8.18. The van der Waals surface area contributed by atoms with Crippen molar-refractivity contribution in [2.75, 3.05) is 0 Å². The number of rotatable bonds is 3. The van der Waals surface area contributed by atoms with Crippen molar-refractivity contribution in [2.24, 2.45) is 0 Å². The van der Waals surface area contributed by atoms with Gasteiger partial charge in [0.15, 0.2) is 0 Å². The van der Waals surface area contributed by atoms with Gasteiger partial charge in [0.25, 0.3) is 0 Å².